The Morgan fingerprint density at radius 3 is 1.13 bits per heavy atom. The van der Waals surface area contributed by atoms with Gasteiger partial charge < -0.3 is 9.80 Å². The van der Waals surface area contributed by atoms with Crippen molar-refractivity contribution >= 4 is 42.9 Å². The second-order valence-electron chi connectivity index (χ2n) is 14.5. The molecule has 0 radical (unpaired) electrons. The zero-order valence-electron chi connectivity index (χ0n) is 29.9. The van der Waals surface area contributed by atoms with Gasteiger partial charge in [0.2, 0.25) is 0 Å². The van der Waals surface area contributed by atoms with Crippen LogP contribution in [-0.4, -0.2) is 59.4 Å². The molecule has 0 amide bonds. The predicted octanol–water partition coefficient (Wildman–Crippen LogP) is 11.4. The van der Waals surface area contributed by atoms with Crippen LogP contribution in [0.15, 0.2) is 55.1 Å². The molecule has 2 aromatic rings. The van der Waals surface area contributed by atoms with E-state index in [-0.39, 0.29) is 13.3 Å². The van der Waals surface area contributed by atoms with E-state index >= 15 is 0 Å². The monoisotopic (exact) mass is 779 g/mol. The minimum Gasteiger partial charge on any atom is -0.378 e. The number of nitrogens with zero attached hydrogens (tertiary/aromatic N) is 4. The number of anilines is 2. The summed E-state index contributed by atoms with van der Waals surface area (Å²) in [7, 11) is 19.1. The third kappa shape index (κ3) is 18.1. The maximum absolute atomic E-state index is 5.55. The molecule has 2 aromatic heterocycles. The van der Waals surface area contributed by atoms with Gasteiger partial charge >= 0.3 is 69.4 Å². The first-order chi connectivity index (χ1) is 22.0. The number of allylic oxidation sites excluding steroid dienone is 1. The largest absolute Gasteiger partial charge is 0.378 e. The minimum absolute atomic E-state index is 0.0465. The van der Waals surface area contributed by atoms with E-state index in [0.717, 1.165) is 0 Å². The molecule has 3 fully saturated rings. The van der Waals surface area contributed by atoms with Crippen molar-refractivity contribution in [3.63, 3.8) is 0 Å². The van der Waals surface area contributed by atoms with Gasteiger partial charge in [-0.15, -0.1) is 0 Å². The second kappa shape index (κ2) is 23.5. The summed E-state index contributed by atoms with van der Waals surface area (Å²) >= 11 is -1.67. The molecular weight excluding hydrogens is 715 g/mol. The Morgan fingerprint density at radius 1 is 0.630 bits per heavy atom. The van der Waals surface area contributed by atoms with Gasteiger partial charge in [0.05, 0.1) is 17.0 Å². The zero-order chi connectivity index (χ0) is 33.8. The molecule has 46 heavy (non-hydrogen) atoms. The molecule has 262 valence electrons. The van der Waals surface area contributed by atoms with Crippen molar-refractivity contribution in [3.05, 3.63) is 55.1 Å². The summed E-state index contributed by atoms with van der Waals surface area (Å²) in [6, 6.07) is 7.89. The quantitative estimate of drug-likeness (QED) is 0.223. The van der Waals surface area contributed by atoms with E-state index in [2.05, 4.69) is 35.0 Å². The van der Waals surface area contributed by atoms with Crippen LogP contribution in [0.25, 0.3) is 0 Å². The van der Waals surface area contributed by atoms with Crippen LogP contribution in [0.4, 0.5) is 11.4 Å². The van der Waals surface area contributed by atoms with E-state index in [0.29, 0.717) is 0 Å². The van der Waals surface area contributed by atoms with E-state index in [1.807, 2.05) is 68.3 Å². The Bertz CT molecular complexity index is 1010. The number of pyridine rings is 2. The summed E-state index contributed by atoms with van der Waals surface area (Å²) in [6.45, 7) is 6.27. The van der Waals surface area contributed by atoms with Crippen LogP contribution < -0.4 is 9.80 Å². The molecule has 0 saturated heterocycles. The Kier molecular flexibility index (Phi) is 21.1. The number of hydrogen-bond donors (Lipinski definition) is 0. The van der Waals surface area contributed by atoms with Gasteiger partial charge in [-0.1, -0.05) is 19.3 Å². The van der Waals surface area contributed by atoms with Gasteiger partial charge in [0.25, 0.3) is 0 Å². The maximum Gasteiger partial charge on any atom is 0.0391 e. The van der Waals surface area contributed by atoms with E-state index < -0.39 is 13.5 Å². The van der Waals surface area contributed by atoms with Crippen molar-refractivity contribution < 1.29 is 13.5 Å². The molecule has 0 aromatic carbocycles. The molecular formula is C38H64Cl2N4PRu+. The first-order valence-electron chi connectivity index (χ1n) is 17.6. The van der Waals surface area contributed by atoms with Crippen molar-refractivity contribution in [2.24, 2.45) is 5.41 Å². The predicted molar refractivity (Wildman–Crippen MR) is 207 cm³/mol. The van der Waals surface area contributed by atoms with E-state index in [1.54, 1.807) is 121 Å². The average Bonchev–Trinajstić information content (AvgIpc) is 3.07. The smallest absolute Gasteiger partial charge is 0.0391 e. The second-order valence-corrected chi connectivity index (χ2v) is 23.3. The summed E-state index contributed by atoms with van der Waals surface area (Å²) < 4.78 is 2.93. The van der Waals surface area contributed by atoms with E-state index in [1.165, 1.54) is 28.4 Å². The molecule has 8 heteroatoms. The fraction of sp³-hybridized carbons (Fsp3) is 0.684. The number of halogens is 2. The molecule has 3 saturated carbocycles. The van der Waals surface area contributed by atoms with Crippen molar-refractivity contribution in [2.45, 2.75) is 134 Å². The fourth-order valence-electron chi connectivity index (χ4n) is 6.78. The third-order valence-corrected chi connectivity index (χ3v) is 15.3. The Balaban J connectivity index is 0.000000232. The molecule has 0 N–H and O–H groups in total. The van der Waals surface area contributed by atoms with Crippen LogP contribution in [0.2, 0.25) is 0 Å². The topological polar surface area (TPSA) is 32.3 Å². The van der Waals surface area contributed by atoms with Crippen LogP contribution in [0.5, 0.6) is 0 Å². The first-order valence-corrected chi connectivity index (χ1v) is 24.7. The Morgan fingerprint density at radius 2 is 0.935 bits per heavy atom. The van der Waals surface area contributed by atoms with Gasteiger partial charge in [-0.05, 0) is 101 Å². The molecule has 3 aliphatic rings. The van der Waals surface area contributed by atoms with E-state index in [9.17, 15) is 0 Å². The molecule has 0 atom stereocenters. The van der Waals surface area contributed by atoms with Gasteiger partial charge in [-0.3, -0.25) is 9.97 Å². The van der Waals surface area contributed by atoms with Gasteiger partial charge in [0, 0.05) is 72.3 Å². The summed E-state index contributed by atoms with van der Waals surface area (Å²) in [5, 5.41) is 0. The van der Waals surface area contributed by atoms with Gasteiger partial charge in [0.15, 0.2) is 0 Å². The van der Waals surface area contributed by atoms with Crippen LogP contribution in [0.1, 0.15) is 117 Å². The zero-order valence-corrected chi connectivity index (χ0v) is 34.2. The summed E-state index contributed by atoms with van der Waals surface area (Å²) in [5.41, 5.74) is 6.21. The van der Waals surface area contributed by atoms with Crippen LogP contribution in [-0.2, 0) is 13.5 Å². The SMILES string of the molecule is C1CCC([PH+](C2CCCCC2)C2CCCCC2)CC1.CC(C)(C)C=[C]=[Ru]([Cl])[Cl].CN(C)c1ccncc1.CN(C)c1ccncc1. The molecule has 3 aliphatic carbocycles. The van der Waals surface area contributed by atoms with Crippen molar-refractivity contribution in [3.8, 4) is 0 Å². The summed E-state index contributed by atoms with van der Waals surface area (Å²) in [5.74, 6) is 0. The molecule has 0 aliphatic heterocycles. The standard InChI is InChI=1S/C18H33P.2C7H10N2.C6H10.2ClH.Ru/c1-4-10-16(11-5-1)19(17-12-6-2-7-13-17)18-14-8-3-9-15-18;2*1-9(2)7-3-5-8-6-4-7;1-5-6(2,3)4;;;/h16-18H,1-15H2;2*3-6H,1-2H3;5H,2-4H3;2*1H;/q;;;;;;+2/p-1. The number of rotatable bonds is 5. The van der Waals surface area contributed by atoms with E-state index in [4.69, 9.17) is 19.4 Å². The Labute approximate surface area is 297 Å². The average molecular weight is 780 g/mol. The molecule has 0 bridgehead atoms. The fourth-order valence-corrected chi connectivity index (χ4v) is 13.4. The number of aromatic nitrogens is 2. The molecule has 0 unspecified atom stereocenters. The number of hydrogen-bond acceptors (Lipinski definition) is 4. The molecule has 5 rings (SSSR count). The summed E-state index contributed by atoms with van der Waals surface area (Å²) in [6.07, 6.45) is 32.9. The van der Waals surface area contributed by atoms with Gasteiger partial charge in [0.1, 0.15) is 0 Å². The Hall–Kier alpha value is -0.817. The molecule has 4 nitrogen and oxygen atoms in total. The maximum atomic E-state index is 5.55. The van der Waals surface area contributed by atoms with Crippen LogP contribution >= 0.6 is 27.3 Å². The van der Waals surface area contributed by atoms with Crippen molar-refractivity contribution in [2.75, 3.05) is 38.0 Å². The summed E-state index contributed by atoms with van der Waals surface area (Å²) in [4.78, 5) is 11.9. The molecule has 0 spiro atoms. The normalized spacial score (nSPS) is 17.9. The van der Waals surface area contributed by atoms with Crippen molar-refractivity contribution in [1.29, 1.82) is 0 Å². The minimum atomic E-state index is -1.67. The molecule has 2 heterocycles. The van der Waals surface area contributed by atoms with Crippen LogP contribution in [0.3, 0.4) is 0 Å². The van der Waals surface area contributed by atoms with Gasteiger partial charge in [-0.2, -0.15) is 0 Å². The third-order valence-electron chi connectivity index (χ3n) is 9.15. The first kappa shape index (κ1) is 41.4. The van der Waals surface area contributed by atoms with Crippen molar-refractivity contribution in [1.82, 2.24) is 9.97 Å². The van der Waals surface area contributed by atoms with Crippen LogP contribution in [0, 0.1) is 5.41 Å². The van der Waals surface area contributed by atoms with Gasteiger partial charge in [-0.25, -0.2) is 0 Å².